The lowest BCUT2D eigenvalue weighted by atomic mass is 10.4. The van der Waals surface area contributed by atoms with E-state index in [4.69, 9.17) is 5.11 Å². The first kappa shape index (κ1) is 20.1. The second-order valence-corrected chi connectivity index (χ2v) is 2.17. The summed E-state index contributed by atoms with van der Waals surface area (Å²) < 4.78 is 0. The maximum Gasteiger partial charge on any atom is 0.327 e. The van der Waals surface area contributed by atoms with Crippen molar-refractivity contribution in [3.8, 4) is 0 Å². The zero-order valence-electron chi connectivity index (χ0n) is 10.1. The Labute approximate surface area is 104 Å². The maximum atomic E-state index is 9.25. The summed E-state index contributed by atoms with van der Waals surface area (Å²) in [4.78, 5) is 9.25. The van der Waals surface area contributed by atoms with Gasteiger partial charge in [-0.05, 0) is 0 Å². The first-order chi connectivity index (χ1) is 8.18. The number of benzene rings is 1. The van der Waals surface area contributed by atoms with Gasteiger partial charge in [0.05, 0.1) is 0 Å². The highest BCUT2D eigenvalue weighted by molar-refractivity contribution is 5.78. The van der Waals surface area contributed by atoms with Crippen LogP contribution in [0.1, 0.15) is 0 Å². The molecule has 2 nitrogen and oxygen atoms in total. The molecule has 0 fully saturated rings. The third-order valence-corrected chi connectivity index (χ3v) is 1.01. The van der Waals surface area contributed by atoms with Crippen molar-refractivity contribution in [2.45, 2.75) is 0 Å². The van der Waals surface area contributed by atoms with Gasteiger partial charge in [0, 0.05) is 6.08 Å². The van der Waals surface area contributed by atoms with Crippen molar-refractivity contribution >= 4 is 5.97 Å². The molecule has 92 valence electrons. The summed E-state index contributed by atoms with van der Waals surface area (Å²) in [6.45, 7) is 15.7. The fraction of sp³-hybridized carbons (Fsp3) is 0. The first-order valence-electron chi connectivity index (χ1n) is 4.77. The van der Waals surface area contributed by atoms with Gasteiger partial charge in [-0.25, -0.2) is 4.79 Å². The number of carbonyl (C=O) groups is 1. The van der Waals surface area contributed by atoms with Gasteiger partial charge in [0.1, 0.15) is 0 Å². The summed E-state index contributed by atoms with van der Waals surface area (Å²) in [5.74, 6) is -0.981. The second kappa shape index (κ2) is 23.5. The molecule has 1 rings (SSSR count). The smallest absolute Gasteiger partial charge is 0.327 e. The van der Waals surface area contributed by atoms with Crippen molar-refractivity contribution < 1.29 is 9.90 Å². The average Bonchev–Trinajstić information content (AvgIpc) is 2.44. The topological polar surface area (TPSA) is 37.3 Å². The van der Waals surface area contributed by atoms with Crippen LogP contribution >= 0.6 is 0 Å². The molecule has 0 saturated heterocycles. The number of allylic oxidation sites excluding steroid dienone is 2. The molecule has 17 heavy (non-hydrogen) atoms. The standard InChI is InChI=1S/C6H6.C4H6.C3H4O2.C2H4/c1-2-4-6-5-3-1;1-3-4-2;1-2-3(4)5;1-2/h1-6H;3-4H,1-2H2;2H,1H2,(H,4,5);1-2H2. The summed E-state index contributed by atoms with van der Waals surface area (Å²) in [5.41, 5.74) is 0. The van der Waals surface area contributed by atoms with Crippen LogP contribution in [-0.2, 0) is 4.79 Å². The summed E-state index contributed by atoms with van der Waals surface area (Å²) in [7, 11) is 0. The van der Waals surface area contributed by atoms with Gasteiger partial charge < -0.3 is 5.11 Å². The zero-order chi connectivity index (χ0) is 13.9. The third kappa shape index (κ3) is 41.9. The van der Waals surface area contributed by atoms with Crippen molar-refractivity contribution in [1.29, 1.82) is 0 Å². The molecule has 0 heterocycles. The number of hydrogen-bond acceptors (Lipinski definition) is 1. The van der Waals surface area contributed by atoms with Gasteiger partial charge in [0.15, 0.2) is 0 Å². The molecule has 0 aromatic heterocycles. The molecule has 0 aliphatic heterocycles. The van der Waals surface area contributed by atoms with Crippen LogP contribution in [0.15, 0.2) is 87.5 Å². The van der Waals surface area contributed by atoms with E-state index < -0.39 is 5.97 Å². The van der Waals surface area contributed by atoms with Crippen LogP contribution in [0.4, 0.5) is 0 Å². The molecule has 0 unspecified atom stereocenters. The normalized spacial score (nSPS) is 6.12. The van der Waals surface area contributed by atoms with Gasteiger partial charge in [-0.15, -0.1) is 13.2 Å². The van der Waals surface area contributed by atoms with E-state index in [-0.39, 0.29) is 0 Å². The lowest BCUT2D eigenvalue weighted by Crippen LogP contribution is -1.82. The van der Waals surface area contributed by atoms with E-state index in [1.54, 1.807) is 12.2 Å². The van der Waals surface area contributed by atoms with Crippen LogP contribution < -0.4 is 0 Å². The fourth-order valence-electron chi connectivity index (χ4n) is 0.385. The van der Waals surface area contributed by atoms with Gasteiger partial charge >= 0.3 is 5.97 Å². The average molecular weight is 232 g/mol. The lowest BCUT2D eigenvalue weighted by molar-refractivity contribution is -0.131. The van der Waals surface area contributed by atoms with E-state index in [1.165, 1.54) is 0 Å². The summed E-state index contributed by atoms with van der Waals surface area (Å²) in [6.07, 6.45) is 4.11. The monoisotopic (exact) mass is 232 g/mol. The second-order valence-electron chi connectivity index (χ2n) is 2.17. The van der Waals surface area contributed by atoms with Crippen LogP contribution in [0.25, 0.3) is 0 Å². The molecule has 1 aromatic rings. The molecule has 0 saturated carbocycles. The van der Waals surface area contributed by atoms with Gasteiger partial charge in [-0.2, -0.15) is 0 Å². The Kier molecular flexibility index (Phi) is 27.7. The minimum atomic E-state index is -0.981. The van der Waals surface area contributed by atoms with Crippen LogP contribution in [0.2, 0.25) is 0 Å². The molecule has 0 radical (unpaired) electrons. The number of aliphatic carboxylic acids is 1. The Balaban J connectivity index is -0.000000165. The molecule has 1 N–H and O–H groups in total. The summed E-state index contributed by atoms with van der Waals surface area (Å²) >= 11 is 0. The van der Waals surface area contributed by atoms with Gasteiger partial charge in [-0.1, -0.05) is 68.3 Å². The number of rotatable bonds is 2. The number of hydrogen-bond donors (Lipinski definition) is 1. The predicted octanol–water partition coefficient (Wildman–Crippen LogP) is 4.10. The van der Waals surface area contributed by atoms with Crippen LogP contribution in [0.3, 0.4) is 0 Å². The quantitative estimate of drug-likeness (QED) is 0.473. The van der Waals surface area contributed by atoms with Gasteiger partial charge in [-0.3, -0.25) is 0 Å². The summed E-state index contributed by atoms with van der Waals surface area (Å²) in [5, 5.41) is 7.60. The van der Waals surface area contributed by atoms with E-state index in [1.807, 2.05) is 36.4 Å². The van der Waals surface area contributed by atoms with E-state index in [0.717, 1.165) is 6.08 Å². The molecular formula is C15H20O2. The van der Waals surface area contributed by atoms with Crippen LogP contribution in [0, 0.1) is 0 Å². The highest BCUT2D eigenvalue weighted by Crippen LogP contribution is 1.79. The SMILES string of the molecule is C=C.C=CC(=O)O.C=CC=C.c1ccccc1. The molecule has 0 amide bonds. The minimum absolute atomic E-state index is 0.833. The van der Waals surface area contributed by atoms with Crippen LogP contribution in [-0.4, -0.2) is 11.1 Å². The summed E-state index contributed by atoms with van der Waals surface area (Å²) in [6, 6.07) is 12.0. The van der Waals surface area contributed by atoms with Gasteiger partial charge in [0.2, 0.25) is 0 Å². The Morgan fingerprint density at radius 3 is 1.06 bits per heavy atom. The minimum Gasteiger partial charge on any atom is -0.478 e. The Morgan fingerprint density at radius 1 is 0.824 bits per heavy atom. The molecule has 1 aromatic carbocycles. The van der Waals surface area contributed by atoms with Crippen LogP contribution in [0.5, 0.6) is 0 Å². The first-order valence-corrected chi connectivity index (χ1v) is 4.77. The molecule has 0 aliphatic carbocycles. The highest BCUT2D eigenvalue weighted by atomic mass is 16.4. The number of carboxylic acid groups (broad SMARTS) is 1. The zero-order valence-corrected chi connectivity index (χ0v) is 10.1. The third-order valence-electron chi connectivity index (χ3n) is 1.01. The highest BCUT2D eigenvalue weighted by Gasteiger charge is 1.73. The van der Waals surface area contributed by atoms with Gasteiger partial charge in [0.25, 0.3) is 0 Å². The fourth-order valence-corrected chi connectivity index (χ4v) is 0.385. The number of carboxylic acids is 1. The van der Waals surface area contributed by atoms with Crippen molar-refractivity contribution in [2.75, 3.05) is 0 Å². The predicted molar refractivity (Wildman–Crippen MR) is 75.9 cm³/mol. The Hall–Kier alpha value is -2.35. The molecule has 0 spiro atoms. The molecule has 0 bridgehead atoms. The van der Waals surface area contributed by atoms with Crippen molar-refractivity contribution in [2.24, 2.45) is 0 Å². The van der Waals surface area contributed by atoms with E-state index in [9.17, 15) is 4.79 Å². The van der Waals surface area contributed by atoms with E-state index in [2.05, 4.69) is 32.9 Å². The van der Waals surface area contributed by atoms with E-state index in [0.29, 0.717) is 0 Å². The molecule has 0 aliphatic rings. The molecular weight excluding hydrogens is 212 g/mol. The van der Waals surface area contributed by atoms with Crippen molar-refractivity contribution in [3.63, 3.8) is 0 Å². The Bertz CT molecular complexity index is 256. The Morgan fingerprint density at radius 2 is 1.00 bits per heavy atom. The largest absolute Gasteiger partial charge is 0.478 e. The van der Waals surface area contributed by atoms with E-state index >= 15 is 0 Å². The molecule has 2 heteroatoms. The van der Waals surface area contributed by atoms with Crippen molar-refractivity contribution in [3.05, 3.63) is 87.5 Å². The molecule has 0 atom stereocenters. The maximum absolute atomic E-state index is 9.25. The lowest BCUT2D eigenvalue weighted by Gasteiger charge is -1.69. The van der Waals surface area contributed by atoms with Crippen molar-refractivity contribution in [1.82, 2.24) is 0 Å².